The van der Waals surface area contributed by atoms with Crippen molar-refractivity contribution in [3.8, 4) is 22.3 Å². The molecule has 0 saturated carbocycles. The van der Waals surface area contributed by atoms with Crippen LogP contribution in [-0.4, -0.2) is 12.0 Å². The highest BCUT2D eigenvalue weighted by molar-refractivity contribution is 6.01. The van der Waals surface area contributed by atoms with Crippen LogP contribution in [0.3, 0.4) is 0 Å². The lowest BCUT2D eigenvalue weighted by Gasteiger charge is -2.35. The average molecular weight is 598 g/mol. The van der Waals surface area contributed by atoms with Crippen LogP contribution >= 0.6 is 0 Å². The maximum Gasteiger partial charge on any atom is 0.131 e. The SMILES string of the molecule is CC1(C)c2ccccc2-c2ccc(C3=NC(C4=Cc5ccccc5CC4)NC(c4ccc5c(c4)C(C)(C)c4ccccc4-5)N3)cc21. The zero-order valence-corrected chi connectivity index (χ0v) is 27.0. The van der Waals surface area contributed by atoms with Gasteiger partial charge in [-0.15, -0.1) is 0 Å². The van der Waals surface area contributed by atoms with Crippen molar-refractivity contribution < 1.29 is 0 Å². The normalized spacial score (nSPS) is 21.1. The molecule has 0 fully saturated rings. The Bertz CT molecular complexity index is 2130. The third-order valence-electron chi connectivity index (χ3n) is 11.1. The summed E-state index contributed by atoms with van der Waals surface area (Å²) >= 11 is 0. The maximum atomic E-state index is 5.41. The van der Waals surface area contributed by atoms with E-state index in [-0.39, 0.29) is 23.2 Å². The zero-order valence-electron chi connectivity index (χ0n) is 27.0. The molecule has 1 heterocycles. The van der Waals surface area contributed by atoms with Crippen molar-refractivity contribution in [3.63, 3.8) is 0 Å². The van der Waals surface area contributed by atoms with E-state index in [9.17, 15) is 0 Å². The predicted octanol–water partition coefficient (Wildman–Crippen LogP) is 9.29. The van der Waals surface area contributed by atoms with Crippen molar-refractivity contribution in [2.24, 2.45) is 4.99 Å². The van der Waals surface area contributed by atoms with E-state index in [4.69, 9.17) is 4.99 Å². The molecule has 0 amide bonds. The van der Waals surface area contributed by atoms with Gasteiger partial charge < -0.3 is 5.32 Å². The Morgan fingerprint density at radius 1 is 0.609 bits per heavy atom. The fourth-order valence-corrected chi connectivity index (χ4v) is 8.49. The summed E-state index contributed by atoms with van der Waals surface area (Å²) in [5.74, 6) is 0.950. The monoisotopic (exact) mass is 597 g/mol. The van der Waals surface area contributed by atoms with Gasteiger partial charge in [0, 0.05) is 16.4 Å². The molecular formula is C43H39N3. The van der Waals surface area contributed by atoms with Gasteiger partial charge in [-0.3, -0.25) is 5.32 Å². The molecule has 2 N–H and O–H groups in total. The van der Waals surface area contributed by atoms with Gasteiger partial charge in [0.25, 0.3) is 0 Å². The first-order valence-electron chi connectivity index (χ1n) is 16.7. The number of hydrogen-bond donors (Lipinski definition) is 2. The van der Waals surface area contributed by atoms with E-state index in [1.165, 1.54) is 66.8 Å². The quantitative estimate of drug-likeness (QED) is 0.217. The Balaban J connectivity index is 1.14. The molecule has 2 unspecified atom stereocenters. The Morgan fingerprint density at radius 3 is 1.96 bits per heavy atom. The third kappa shape index (κ3) is 4.04. The molecule has 1 aliphatic heterocycles. The lowest BCUT2D eigenvalue weighted by Crippen LogP contribution is -2.49. The summed E-state index contributed by atoms with van der Waals surface area (Å²) in [4.78, 5) is 5.41. The van der Waals surface area contributed by atoms with Crippen molar-refractivity contribution in [1.82, 2.24) is 10.6 Å². The van der Waals surface area contributed by atoms with Crippen molar-refractivity contribution in [1.29, 1.82) is 0 Å². The first-order valence-corrected chi connectivity index (χ1v) is 16.7. The minimum atomic E-state index is -0.119. The molecule has 0 radical (unpaired) electrons. The highest BCUT2D eigenvalue weighted by Gasteiger charge is 2.38. The van der Waals surface area contributed by atoms with Crippen molar-refractivity contribution in [2.45, 2.75) is 63.7 Å². The van der Waals surface area contributed by atoms with E-state index in [1.54, 1.807) is 0 Å². The highest BCUT2D eigenvalue weighted by atomic mass is 15.3. The van der Waals surface area contributed by atoms with E-state index < -0.39 is 0 Å². The summed E-state index contributed by atoms with van der Waals surface area (Å²) in [6.45, 7) is 9.40. The van der Waals surface area contributed by atoms with Crippen LogP contribution in [0, 0.1) is 0 Å². The molecule has 3 nitrogen and oxygen atoms in total. The number of aryl methyl sites for hydroxylation is 1. The minimum Gasteiger partial charge on any atom is -0.350 e. The Kier molecular flexibility index (Phi) is 5.92. The van der Waals surface area contributed by atoms with Gasteiger partial charge in [0.2, 0.25) is 0 Å². The molecular weight excluding hydrogens is 558 g/mol. The van der Waals surface area contributed by atoms with Crippen molar-refractivity contribution >= 4 is 11.9 Å². The molecule has 46 heavy (non-hydrogen) atoms. The van der Waals surface area contributed by atoms with Gasteiger partial charge in [-0.1, -0.05) is 137 Å². The van der Waals surface area contributed by atoms with E-state index in [2.05, 4.69) is 154 Å². The van der Waals surface area contributed by atoms with Gasteiger partial charge in [-0.05, 0) is 85.7 Å². The molecule has 0 bridgehead atoms. The number of hydrogen-bond acceptors (Lipinski definition) is 3. The molecule has 0 saturated heterocycles. The number of nitrogens with zero attached hydrogens (tertiary/aromatic N) is 1. The van der Waals surface area contributed by atoms with Gasteiger partial charge in [0.15, 0.2) is 0 Å². The molecule has 4 aliphatic rings. The zero-order chi connectivity index (χ0) is 31.2. The first kappa shape index (κ1) is 27.6. The smallest absolute Gasteiger partial charge is 0.131 e. The van der Waals surface area contributed by atoms with E-state index >= 15 is 0 Å². The van der Waals surface area contributed by atoms with Crippen LogP contribution < -0.4 is 10.6 Å². The maximum absolute atomic E-state index is 5.41. The molecule has 0 spiro atoms. The summed E-state index contributed by atoms with van der Waals surface area (Å²) < 4.78 is 0. The summed E-state index contributed by atoms with van der Waals surface area (Å²) in [6.07, 6.45) is 4.20. The Hall–Kier alpha value is -4.73. The number of amidine groups is 1. The largest absolute Gasteiger partial charge is 0.350 e. The number of aliphatic imine (C=N–C) groups is 1. The summed E-state index contributed by atoms with van der Waals surface area (Å²) in [5, 5.41) is 7.79. The molecule has 0 aromatic heterocycles. The highest BCUT2D eigenvalue weighted by Crippen LogP contribution is 2.50. The Morgan fingerprint density at radius 2 is 1.22 bits per heavy atom. The van der Waals surface area contributed by atoms with Gasteiger partial charge in [0.1, 0.15) is 18.2 Å². The fourth-order valence-electron chi connectivity index (χ4n) is 8.49. The molecule has 2 atom stereocenters. The fraction of sp³-hybridized carbons (Fsp3) is 0.233. The first-order chi connectivity index (χ1) is 22.3. The number of benzene rings is 5. The average Bonchev–Trinajstić information content (AvgIpc) is 3.47. The topological polar surface area (TPSA) is 36.4 Å². The van der Waals surface area contributed by atoms with Gasteiger partial charge >= 0.3 is 0 Å². The van der Waals surface area contributed by atoms with Crippen LogP contribution in [0.2, 0.25) is 0 Å². The summed E-state index contributed by atoms with van der Waals surface area (Å²) in [7, 11) is 0. The molecule has 5 aromatic rings. The second kappa shape index (κ2) is 9.88. The molecule has 3 aliphatic carbocycles. The summed E-state index contributed by atoms with van der Waals surface area (Å²) in [5.41, 5.74) is 17.3. The lowest BCUT2D eigenvalue weighted by molar-refractivity contribution is 0.425. The number of nitrogens with one attached hydrogen (secondary N) is 2. The van der Waals surface area contributed by atoms with E-state index in [1.807, 2.05) is 0 Å². The molecule has 226 valence electrons. The number of rotatable bonds is 3. The predicted molar refractivity (Wildman–Crippen MR) is 190 cm³/mol. The van der Waals surface area contributed by atoms with Gasteiger partial charge in [-0.25, -0.2) is 4.99 Å². The van der Waals surface area contributed by atoms with Crippen molar-refractivity contribution in [3.05, 3.63) is 159 Å². The van der Waals surface area contributed by atoms with E-state index in [0.29, 0.717) is 0 Å². The molecule has 5 aromatic carbocycles. The number of fused-ring (bicyclic) bond motifs is 7. The third-order valence-corrected chi connectivity index (χ3v) is 11.1. The second-order valence-corrected chi connectivity index (χ2v) is 14.4. The second-order valence-electron chi connectivity index (χ2n) is 14.4. The van der Waals surface area contributed by atoms with Gasteiger partial charge in [-0.2, -0.15) is 0 Å². The van der Waals surface area contributed by atoms with Crippen LogP contribution in [0.5, 0.6) is 0 Å². The van der Waals surface area contributed by atoms with Crippen molar-refractivity contribution in [2.75, 3.05) is 0 Å². The molecule has 3 heteroatoms. The van der Waals surface area contributed by atoms with Gasteiger partial charge in [0.05, 0.1) is 0 Å². The van der Waals surface area contributed by atoms with Crippen LogP contribution in [0.25, 0.3) is 28.3 Å². The Labute approximate surface area is 272 Å². The minimum absolute atomic E-state index is 0.0525. The van der Waals surface area contributed by atoms with Crippen LogP contribution in [-0.2, 0) is 17.3 Å². The lowest BCUT2D eigenvalue weighted by atomic mass is 9.81. The van der Waals surface area contributed by atoms with E-state index in [0.717, 1.165) is 24.2 Å². The molecule has 9 rings (SSSR count). The summed E-state index contributed by atoms with van der Waals surface area (Å²) in [6, 6.07) is 40.5. The van der Waals surface area contributed by atoms with Crippen LogP contribution in [0.15, 0.2) is 120 Å². The standard InChI is InChI=1S/C43H39N3/c1-42(2)35-15-9-7-13-31(35)33-21-19-29(24-37(33)42)40-44-39(28-18-17-26-11-5-6-12-27(26)23-28)45-41(46-40)30-20-22-34-32-14-8-10-16-36(32)43(3,4)38(34)25-30/h5-16,19-25,39-40,44H,17-18H2,1-4H3,(H,45,46). The van der Waals surface area contributed by atoms with Crippen LogP contribution in [0.1, 0.15) is 84.8 Å². The van der Waals surface area contributed by atoms with Crippen LogP contribution in [0.4, 0.5) is 0 Å².